The van der Waals surface area contributed by atoms with Crippen LogP contribution in [0.4, 0.5) is 0 Å². The molecule has 3 N–H and O–H groups in total. The molecule has 0 spiro atoms. The van der Waals surface area contributed by atoms with Crippen molar-refractivity contribution in [2.24, 2.45) is 5.41 Å². The van der Waals surface area contributed by atoms with Gasteiger partial charge in [0.15, 0.2) is 0 Å². The summed E-state index contributed by atoms with van der Waals surface area (Å²) in [6.45, 7) is 9.34. The zero-order chi connectivity index (χ0) is 15.3. The summed E-state index contributed by atoms with van der Waals surface area (Å²) in [5, 5.41) is 14.7. The van der Waals surface area contributed by atoms with Crippen molar-refractivity contribution in [2.45, 2.75) is 39.7 Å². The fraction of sp³-hybridized carbons (Fsp3) is 0.588. The van der Waals surface area contributed by atoms with E-state index in [0.717, 1.165) is 43.9 Å². The number of benzene rings is 1. The van der Waals surface area contributed by atoms with Crippen molar-refractivity contribution in [2.75, 3.05) is 19.7 Å². The Hall–Kier alpha value is -1.55. The van der Waals surface area contributed by atoms with Gasteiger partial charge in [-0.3, -0.25) is 5.41 Å². The van der Waals surface area contributed by atoms with E-state index in [9.17, 15) is 0 Å². The third-order valence-electron chi connectivity index (χ3n) is 3.67. The van der Waals surface area contributed by atoms with Crippen LogP contribution in [0.1, 0.15) is 39.2 Å². The molecule has 21 heavy (non-hydrogen) atoms. The third-order valence-corrected chi connectivity index (χ3v) is 3.67. The number of hydrogen-bond acceptors (Lipinski definition) is 3. The first-order valence-electron chi connectivity index (χ1n) is 7.73. The number of hydrogen-bond donors (Lipinski definition) is 3. The number of ether oxygens (including phenoxy) is 1. The van der Waals surface area contributed by atoms with Crippen LogP contribution in [0.3, 0.4) is 0 Å². The molecular formula is C17H27N3O. The van der Waals surface area contributed by atoms with Gasteiger partial charge in [-0.25, -0.2) is 0 Å². The van der Waals surface area contributed by atoms with E-state index < -0.39 is 0 Å². The van der Waals surface area contributed by atoms with E-state index in [1.54, 1.807) is 0 Å². The minimum atomic E-state index is 0.293. The summed E-state index contributed by atoms with van der Waals surface area (Å²) >= 11 is 0. The van der Waals surface area contributed by atoms with Crippen LogP contribution >= 0.6 is 0 Å². The fourth-order valence-corrected chi connectivity index (χ4v) is 2.26. The van der Waals surface area contributed by atoms with Gasteiger partial charge in [0, 0.05) is 18.2 Å². The molecule has 4 nitrogen and oxygen atoms in total. The molecule has 0 unspecified atom stereocenters. The molecule has 0 saturated carbocycles. The standard InChI is InChI=1S/C17H27N3O/c1-17(2,3)9-11-21-15-6-4-13(5-7-15)16(18)20-14-8-10-19-12-14/h4-7,14,19H,8-12H2,1-3H3,(H2,18,20)/t14-/m0/s1. The van der Waals surface area contributed by atoms with E-state index in [-0.39, 0.29) is 0 Å². The maximum atomic E-state index is 8.11. The van der Waals surface area contributed by atoms with Gasteiger partial charge in [0.2, 0.25) is 0 Å². The Bertz CT molecular complexity index is 456. The van der Waals surface area contributed by atoms with Gasteiger partial charge in [0.1, 0.15) is 11.6 Å². The van der Waals surface area contributed by atoms with E-state index >= 15 is 0 Å². The van der Waals surface area contributed by atoms with Gasteiger partial charge < -0.3 is 15.4 Å². The lowest BCUT2D eigenvalue weighted by molar-refractivity contribution is 0.243. The smallest absolute Gasteiger partial charge is 0.125 e. The molecule has 0 aromatic heterocycles. The third kappa shape index (κ3) is 5.38. The summed E-state index contributed by atoms with van der Waals surface area (Å²) in [4.78, 5) is 0. The lowest BCUT2D eigenvalue weighted by atomic mass is 9.93. The molecule has 2 rings (SSSR count). The SMILES string of the molecule is CC(C)(C)CCOc1ccc(C(=N)N[C@H]2CCNC2)cc1. The molecule has 1 aromatic rings. The van der Waals surface area contributed by atoms with Crippen LogP contribution in [-0.4, -0.2) is 31.6 Å². The second-order valence-electron chi connectivity index (χ2n) is 6.89. The zero-order valence-corrected chi connectivity index (χ0v) is 13.3. The molecule has 1 saturated heterocycles. The van der Waals surface area contributed by atoms with Crippen LogP contribution in [0.15, 0.2) is 24.3 Å². The minimum absolute atomic E-state index is 0.293. The van der Waals surface area contributed by atoms with Crippen LogP contribution < -0.4 is 15.4 Å². The maximum absolute atomic E-state index is 8.11. The van der Waals surface area contributed by atoms with Crippen molar-refractivity contribution in [3.8, 4) is 5.75 Å². The molecular weight excluding hydrogens is 262 g/mol. The summed E-state index contributed by atoms with van der Waals surface area (Å²) in [5.74, 6) is 1.36. The van der Waals surface area contributed by atoms with Crippen molar-refractivity contribution in [1.82, 2.24) is 10.6 Å². The Morgan fingerprint density at radius 2 is 2.05 bits per heavy atom. The van der Waals surface area contributed by atoms with Crippen molar-refractivity contribution < 1.29 is 4.74 Å². The molecule has 1 aliphatic heterocycles. The summed E-state index contributed by atoms with van der Waals surface area (Å²) in [6.07, 6.45) is 2.11. The lowest BCUT2D eigenvalue weighted by Crippen LogP contribution is -2.36. The summed E-state index contributed by atoms with van der Waals surface area (Å²) in [6, 6.07) is 8.16. The van der Waals surface area contributed by atoms with Gasteiger partial charge in [0.25, 0.3) is 0 Å². The molecule has 1 aromatic carbocycles. The van der Waals surface area contributed by atoms with E-state index in [0.29, 0.717) is 17.3 Å². The first-order chi connectivity index (χ1) is 9.94. The minimum Gasteiger partial charge on any atom is -0.494 e. The molecule has 1 atom stereocenters. The lowest BCUT2D eigenvalue weighted by Gasteiger charge is -2.18. The number of nitrogens with one attached hydrogen (secondary N) is 3. The zero-order valence-electron chi connectivity index (χ0n) is 13.3. The predicted octanol–water partition coefficient (Wildman–Crippen LogP) is 2.78. The molecule has 0 bridgehead atoms. The van der Waals surface area contributed by atoms with Crippen LogP contribution in [0.5, 0.6) is 5.75 Å². The van der Waals surface area contributed by atoms with Gasteiger partial charge in [-0.05, 0) is 49.1 Å². The fourth-order valence-electron chi connectivity index (χ4n) is 2.26. The van der Waals surface area contributed by atoms with Gasteiger partial charge in [-0.2, -0.15) is 0 Å². The Balaban J connectivity index is 1.82. The van der Waals surface area contributed by atoms with Crippen molar-refractivity contribution in [1.29, 1.82) is 5.41 Å². The molecule has 1 heterocycles. The van der Waals surface area contributed by atoms with Gasteiger partial charge in [-0.1, -0.05) is 20.8 Å². The van der Waals surface area contributed by atoms with E-state index in [1.807, 2.05) is 24.3 Å². The molecule has 0 radical (unpaired) electrons. The largest absolute Gasteiger partial charge is 0.494 e. The average Bonchev–Trinajstić information content (AvgIpc) is 2.91. The Morgan fingerprint density at radius 3 is 2.62 bits per heavy atom. The molecule has 1 fully saturated rings. The Kier molecular flexibility index (Phi) is 5.23. The molecule has 4 heteroatoms. The van der Waals surface area contributed by atoms with Crippen molar-refractivity contribution >= 4 is 5.84 Å². The highest BCUT2D eigenvalue weighted by Crippen LogP contribution is 2.20. The maximum Gasteiger partial charge on any atom is 0.125 e. The highest BCUT2D eigenvalue weighted by Gasteiger charge is 2.15. The summed E-state index contributed by atoms with van der Waals surface area (Å²) < 4.78 is 5.75. The van der Waals surface area contributed by atoms with Gasteiger partial charge in [0.05, 0.1) is 6.61 Å². The van der Waals surface area contributed by atoms with Crippen LogP contribution in [0, 0.1) is 10.8 Å². The highest BCUT2D eigenvalue weighted by atomic mass is 16.5. The topological polar surface area (TPSA) is 57.1 Å². The first-order valence-corrected chi connectivity index (χ1v) is 7.73. The second kappa shape index (κ2) is 6.94. The van der Waals surface area contributed by atoms with Crippen molar-refractivity contribution in [3.63, 3.8) is 0 Å². The second-order valence-corrected chi connectivity index (χ2v) is 6.89. The quantitative estimate of drug-likeness (QED) is 0.577. The predicted molar refractivity (Wildman–Crippen MR) is 87.2 cm³/mol. The van der Waals surface area contributed by atoms with Crippen LogP contribution in [0.25, 0.3) is 0 Å². The summed E-state index contributed by atoms with van der Waals surface area (Å²) in [7, 11) is 0. The van der Waals surface area contributed by atoms with Crippen LogP contribution in [0.2, 0.25) is 0 Å². The molecule has 0 aliphatic carbocycles. The highest BCUT2D eigenvalue weighted by molar-refractivity contribution is 5.96. The number of amidine groups is 1. The summed E-state index contributed by atoms with van der Waals surface area (Å²) in [5.41, 5.74) is 1.20. The molecule has 1 aliphatic rings. The molecule has 0 amide bonds. The van der Waals surface area contributed by atoms with Crippen LogP contribution in [-0.2, 0) is 0 Å². The van der Waals surface area contributed by atoms with Gasteiger partial charge >= 0.3 is 0 Å². The Morgan fingerprint density at radius 1 is 1.33 bits per heavy atom. The normalized spacial score (nSPS) is 18.5. The monoisotopic (exact) mass is 289 g/mol. The van der Waals surface area contributed by atoms with E-state index in [2.05, 4.69) is 31.4 Å². The van der Waals surface area contributed by atoms with Crippen molar-refractivity contribution in [3.05, 3.63) is 29.8 Å². The Labute approximate surface area is 127 Å². The molecule has 116 valence electrons. The number of rotatable bonds is 5. The van der Waals surface area contributed by atoms with E-state index in [1.165, 1.54) is 0 Å². The first kappa shape index (κ1) is 15.8. The van der Waals surface area contributed by atoms with Gasteiger partial charge in [-0.15, -0.1) is 0 Å². The average molecular weight is 289 g/mol. The van der Waals surface area contributed by atoms with E-state index in [4.69, 9.17) is 10.1 Å².